The lowest BCUT2D eigenvalue weighted by molar-refractivity contribution is -0.182. The molecule has 7 heteroatoms. The molecule has 0 aromatic carbocycles. The molecule has 0 spiro atoms. The summed E-state index contributed by atoms with van der Waals surface area (Å²) in [7, 11) is 0. The van der Waals surface area contributed by atoms with Crippen LogP contribution in [0.15, 0.2) is 5.38 Å². The Bertz CT molecular complexity index is 444. The molecule has 1 aromatic heterocycles. The fourth-order valence-electron chi connectivity index (χ4n) is 2.15. The van der Waals surface area contributed by atoms with Gasteiger partial charge in [0, 0.05) is 11.9 Å². The number of carbonyl (C=O) groups excluding carboxylic acids is 1. The maximum Gasteiger partial charge on any atom is 0.408 e. The van der Waals surface area contributed by atoms with Gasteiger partial charge in [0.05, 0.1) is 17.1 Å². The van der Waals surface area contributed by atoms with E-state index in [-0.39, 0.29) is 19.4 Å². The summed E-state index contributed by atoms with van der Waals surface area (Å²) in [6.07, 6.45) is -3.96. The van der Waals surface area contributed by atoms with Crippen LogP contribution in [0.4, 0.5) is 13.2 Å². The van der Waals surface area contributed by atoms with E-state index >= 15 is 0 Å². The number of hydrogen-bond donors (Lipinski definition) is 0. The SMILES string of the molecule is Cc1nc(CC(=O)N2CCC[C@H]2C(F)(F)F)cs1. The second kappa shape index (κ2) is 4.87. The van der Waals surface area contributed by atoms with E-state index < -0.39 is 18.1 Å². The van der Waals surface area contributed by atoms with Gasteiger partial charge in [0.2, 0.25) is 5.91 Å². The van der Waals surface area contributed by atoms with Gasteiger partial charge in [-0.3, -0.25) is 4.79 Å². The summed E-state index contributed by atoms with van der Waals surface area (Å²) in [5, 5.41) is 2.53. The highest BCUT2D eigenvalue weighted by molar-refractivity contribution is 7.09. The average Bonchev–Trinajstić information content (AvgIpc) is 2.85. The van der Waals surface area contributed by atoms with E-state index in [9.17, 15) is 18.0 Å². The Morgan fingerprint density at radius 1 is 1.61 bits per heavy atom. The van der Waals surface area contributed by atoms with Crippen LogP contribution in [-0.4, -0.2) is 34.6 Å². The molecule has 1 aliphatic heterocycles. The summed E-state index contributed by atoms with van der Waals surface area (Å²) >= 11 is 1.39. The van der Waals surface area contributed by atoms with Gasteiger partial charge in [0.25, 0.3) is 0 Å². The molecule has 0 bridgehead atoms. The fraction of sp³-hybridized carbons (Fsp3) is 0.636. The third-order valence-electron chi connectivity index (χ3n) is 2.95. The summed E-state index contributed by atoms with van der Waals surface area (Å²) in [5.74, 6) is -0.486. The number of aryl methyl sites for hydroxylation is 1. The lowest BCUT2D eigenvalue weighted by Crippen LogP contribution is -2.45. The largest absolute Gasteiger partial charge is 0.408 e. The maximum atomic E-state index is 12.7. The molecule has 0 aliphatic carbocycles. The molecule has 0 radical (unpaired) electrons. The van der Waals surface area contributed by atoms with E-state index in [0.29, 0.717) is 12.1 Å². The molecule has 1 fully saturated rings. The van der Waals surface area contributed by atoms with Crippen molar-refractivity contribution < 1.29 is 18.0 Å². The van der Waals surface area contributed by atoms with Crippen molar-refractivity contribution in [2.24, 2.45) is 0 Å². The van der Waals surface area contributed by atoms with Crippen LogP contribution in [0.25, 0.3) is 0 Å². The van der Waals surface area contributed by atoms with Crippen molar-refractivity contribution >= 4 is 17.2 Å². The molecule has 2 rings (SSSR count). The second-order valence-electron chi connectivity index (χ2n) is 4.32. The van der Waals surface area contributed by atoms with Gasteiger partial charge in [-0.15, -0.1) is 11.3 Å². The smallest absolute Gasteiger partial charge is 0.330 e. The topological polar surface area (TPSA) is 33.2 Å². The quantitative estimate of drug-likeness (QED) is 0.833. The molecule has 100 valence electrons. The summed E-state index contributed by atoms with van der Waals surface area (Å²) in [4.78, 5) is 16.9. The molecule has 1 saturated heterocycles. The highest BCUT2D eigenvalue weighted by atomic mass is 32.1. The molecular weight excluding hydrogens is 265 g/mol. The molecule has 2 heterocycles. The van der Waals surface area contributed by atoms with Crippen molar-refractivity contribution in [3.8, 4) is 0 Å². The Balaban J connectivity index is 2.04. The third-order valence-corrected chi connectivity index (χ3v) is 3.77. The molecule has 1 aliphatic rings. The number of nitrogens with zero attached hydrogens (tertiary/aromatic N) is 2. The van der Waals surface area contributed by atoms with Crippen LogP contribution >= 0.6 is 11.3 Å². The molecule has 18 heavy (non-hydrogen) atoms. The first-order valence-corrected chi connectivity index (χ1v) is 6.53. The van der Waals surface area contributed by atoms with Crippen LogP contribution < -0.4 is 0 Å². The average molecular weight is 278 g/mol. The Kier molecular flexibility index (Phi) is 3.61. The predicted octanol–water partition coefficient (Wildman–Crippen LogP) is 2.55. The molecule has 1 amide bonds. The van der Waals surface area contributed by atoms with Crippen molar-refractivity contribution in [3.05, 3.63) is 16.1 Å². The molecule has 3 nitrogen and oxygen atoms in total. The number of halogens is 3. The minimum atomic E-state index is -4.33. The standard InChI is InChI=1S/C11H13F3N2OS/c1-7-15-8(6-18-7)5-10(17)16-4-2-3-9(16)11(12,13)14/h6,9H,2-5H2,1H3/t9-/m0/s1. The van der Waals surface area contributed by atoms with Gasteiger partial charge in [0.1, 0.15) is 6.04 Å². The zero-order valence-corrected chi connectivity index (χ0v) is 10.6. The van der Waals surface area contributed by atoms with Crippen LogP contribution in [0.1, 0.15) is 23.5 Å². The van der Waals surface area contributed by atoms with E-state index in [1.165, 1.54) is 11.3 Å². The predicted molar refractivity (Wildman–Crippen MR) is 61.3 cm³/mol. The molecular formula is C11H13F3N2OS. The first-order valence-electron chi connectivity index (χ1n) is 5.65. The molecule has 0 saturated carbocycles. The Morgan fingerprint density at radius 2 is 2.33 bits per heavy atom. The second-order valence-corrected chi connectivity index (χ2v) is 5.38. The number of aromatic nitrogens is 1. The van der Waals surface area contributed by atoms with E-state index in [1.807, 2.05) is 0 Å². The van der Waals surface area contributed by atoms with Gasteiger partial charge in [-0.1, -0.05) is 0 Å². The van der Waals surface area contributed by atoms with E-state index in [2.05, 4.69) is 4.98 Å². The fourth-order valence-corrected chi connectivity index (χ4v) is 2.76. The zero-order valence-electron chi connectivity index (χ0n) is 9.83. The number of carbonyl (C=O) groups is 1. The summed E-state index contributed by atoms with van der Waals surface area (Å²) < 4.78 is 38.1. The summed E-state index contributed by atoms with van der Waals surface area (Å²) in [6.45, 7) is 1.99. The molecule has 1 atom stereocenters. The minimum Gasteiger partial charge on any atom is -0.330 e. The lowest BCUT2D eigenvalue weighted by Gasteiger charge is -2.26. The van der Waals surface area contributed by atoms with Gasteiger partial charge in [-0.2, -0.15) is 13.2 Å². The van der Waals surface area contributed by atoms with Gasteiger partial charge >= 0.3 is 6.18 Å². The number of amides is 1. The number of rotatable bonds is 2. The van der Waals surface area contributed by atoms with Crippen molar-refractivity contribution in [1.82, 2.24) is 9.88 Å². The first-order chi connectivity index (χ1) is 8.38. The zero-order chi connectivity index (χ0) is 13.3. The van der Waals surface area contributed by atoms with Gasteiger partial charge in [-0.25, -0.2) is 4.98 Å². The van der Waals surface area contributed by atoms with E-state index in [0.717, 1.165) is 9.91 Å². The summed E-state index contributed by atoms with van der Waals surface area (Å²) in [5.41, 5.74) is 0.551. The van der Waals surface area contributed by atoms with Crippen LogP contribution in [0, 0.1) is 6.92 Å². The lowest BCUT2D eigenvalue weighted by atomic mass is 10.2. The first kappa shape index (κ1) is 13.3. The highest BCUT2D eigenvalue weighted by Crippen LogP contribution is 2.32. The number of alkyl halides is 3. The van der Waals surface area contributed by atoms with Crippen molar-refractivity contribution in [2.45, 2.75) is 38.4 Å². The molecule has 0 unspecified atom stereocenters. The highest BCUT2D eigenvalue weighted by Gasteiger charge is 2.47. The van der Waals surface area contributed by atoms with E-state index in [4.69, 9.17) is 0 Å². The summed E-state index contributed by atoms with van der Waals surface area (Å²) in [6, 6.07) is -1.62. The number of thiazole rings is 1. The van der Waals surface area contributed by atoms with Crippen molar-refractivity contribution in [3.63, 3.8) is 0 Å². The molecule has 1 aromatic rings. The minimum absolute atomic E-state index is 0.00529. The van der Waals surface area contributed by atoms with Gasteiger partial charge < -0.3 is 4.90 Å². The van der Waals surface area contributed by atoms with Crippen LogP contribution in [-0.2, 0) is 11.2 Å². The van der Waals surface area contributed by atoms with Crippen LogP contribution in [0.3, 0.4) is 0 Å². The van der Waals surface area contributed by atoms with Crippen LogP contribution in [0.2, 0.25) is 0 Å². The number of hydrogen-bond acceptors (Lipinski definition) is 3. The normalized spacial score (nSPS) is 20.4. The van der Waals surface area contributed by atoms with Crippen molar-refractivity contribution in [1.29, 1.82) is 0 Å². The molecule has 0 N–H and O–H groups in total. The Labute approximate surface area is 107 Å². The Hall–Kier alpha value is -1.11. The monoisotopic (exact) mass is 278 g/mol. The maximum absolute atomic E-state index is 12.7. The van der Waals surface area contributed by atoms with Crippen molar-refractivity contribution in [2.75, 3.05) is 6.54 Å². The van der Waals surface area contributed by atoms with Gasteiger partial charge in [-0.05, 0) is 19.8 Å². The van der Waals surface area contributed by atoms with Crippen LogP contribution in [0.5, 0.6) is 0 Å². The number of likely N-dealkylation sites (tertiary alicyclic amines) is 1. The van der Waals surface area contributed by atoms with Gasteiger partial charge in [0.15, 0.2) is 0 Å². The Morgan fingerprint density at radius 3 is 2.89 bits per heavy atom. The van der Waals surface area contributed by atoms with E-state index in [1.54, 1.807) is 12.3 Å². The third kappa shape index (κ3) is 2.82.